The summed E-state index contributed by atoms with van der Waals surface area (Å²) < 4.78 is 10.0. The summed E-state index contributed by atoms with van der Waals surface area (Å²) in [4.78, 5) is 0. The molecule has 1 aromatic carbocycles. The Labute approximate surface area is 103 Å². The third kappa shape index (κ3) is 5.68. The van der Waals surface area contributed by atoms with Crippen molar-refractivity contribution in [1.82, 2.24) is 5.32 Å². The van der Waals surface area contributed by atoms with Crippen molar-refractivity contribution in [3.63, 3.8) is 0 Å². The van der Waals surface area contributed by atoms with Gasteiger partial charge in [-0.25, -0.2) is 0 Å². The van der Waals surface area contributed by atoms with Crippen LogP contribution in [0.5, 0.6) is 5.75 Å². The van der Waals surface area contributed by atoms with E-state index in [9.17, 15) is 5.11 Å². The zero-order chi connectivity index (χ0) is 12.5. The quantitative estimate of drug-likeness (QED) is 0.669. The molecule has 0 heterocycles. The molecule has 1 unspecified atom stereocenters. The molecule has 0 saturated carbocycles. The van der Waals surface area contributed by atoms with E-state index in [0.29, 0.717) is 13.0 Å². The van der Waals surface area contributed by atoms with Crippen LogP contribution >= 0.6 is 0 Å². The molecule has 0 aromatic heterocycles. The second-order valence-corrected chi connectivity index (χ2v) is 3.93. The Morgan fingerprint density at radius 3 is 2.88 bits per heavy atom. The maximum atomic E-state index is 9.44. The van der Waals surface area contributed by atoms with E-state index in [0.717, 1.165) is 18.8 Å². The molecule has 1 aromatic rings. The summed E-state index contributed by atoms with van der Waals surface area (Å²) in [6.07, 6.45) is 0.301. The van der Waals surface area contributed by atoms with Gasteiger partial charge in [-0.1, -0.05) is 12.1 Å². The van der Waals surface area contributed by atoms with Crippen LogP contribution in [0.1, 0.15) is 12.0 Å². The number of benzene rings is 1. The van der Waals surface area contributed by atoms with Crippen LogP contribution in [0.4, 0.5) is 0 Å². The smallest absolute Gasteiger partial charge is 0.119 e. The fourth-order valence-electron chi connectivity index (χ4n) is 1.56. The van der Waals surface area contributed by atoms with Crippen LogP contribution in [0.25, 0.3) is 0 Å². The van der Waals surface area contributed by atoms with Crippen molar-refractivity contribution >= 4 is 0 Å². The lowest BCUT2D eigenvalue weighted by molar-refractivity contribution is 0.0594. The topological polar surface area (TPSA) is 50.7 Å². The Balaban J connectivity index is 2.21. The molecule has 4 nitrogen and oxygen atoms in total. The van der Waals surface area contributed by atoms with E-state index in [1.807, 2.05) is 24.3 Å². The average Bonchev–Trinajstić information content (AvgIpc) is 2.35. The molecule has 4 heteroatoms. The predicted molar refractivity (Wildman–Crippen MR) is 67.2 cm³/mol. The van der Waals surface area contributed by atoms with Crippen LogP contribution in [0.2, 0.25) is 0 Å². The van der Waals surface area contributed by atoms with Crippen LogP contribution in [-0.4, -0.2) is 38.6 Å². The number of rotatable bonds is 8. The van der Waals surface area contributed by atoms with E-state index in [1.54, 1.807) is 14.2 Å². The minimum absolute atomic E-state index is 0.390. The molecular weight excluding hydrogens is 218 g/mol. The fraction of sp³-hybridized carbons (Fsp3) is 0.538. The van der Waals surface area contributed by atoms with E-state index in [-0.39, 0.29) is 0 Å². The van der Waals surface area contributed by atoms with Gasteiger partial charge in [-0.3, -0.25) is 0 Å². The summed E-state index contributed by atoms with van der Waals surface area (Å²) in [5.41, 5.74) is 1.17. The van der Waals surface area contributed by atoms with Crippen LogP contribution in [0, 0.1) is 0 Å². The summed E-state index contributed by atoms with van der Waals surface area (Å²) in [5, 5.41) is 12.7. The third-order valence-electron chi connectivity index (χ3n) is 2.48. The van der Waals surface area contributed by atoms with E-state index in [4.69, 9.17) is 9.47 Å². The Hall–Kier alpha value is -1.10. The standard InChI is InChI=1S/C13H21NO3/c1-16-10-12(15)6-7-14-9-11-4-3-5-13(8-11)17-2/h3-5,8,12,14-15H,6-7,9-10H2,1-2H3. The van der Waals surface area contributed by atoms with Gasteiger partial charge in [-0.2, -0.15) is 0 Å². The fourth-order valence-corrected chi connectivity index (χ4v) is 1.56. The largest absolute Gasteiger partial charge is 0.497 e. The number of hydrogen-bond acceptors (Lipinski definition) is 4. The SMILES string of the molecule is COCC(O)CCNCc1cccc(OC)c1. The summed E-state index contributed by atoms with van der Waals surface area (Å²) >= 11 is 0. The first-order chi connectivity index (χ1) is 8.26. The third-order valence-corrected chi connectivity index (χ3v) is 2.48. The highest BCUT2D eigenvalue weighted by atomic mass is 16.5. The zero-order valence-electron chi connectivity index (χ0n) is 10.5. The molecular formula is C13H21NO3. The van der Waals surface area contributed by atoms with Crippen molar-refractivity contribution in [3.05, 3.63) is 29.8 Å². The number of ether oxygens (including phenoxy) is 2. The van der Waals surface area contributed by atoms with Crippen molar-refractivity contribution in [3.8, 4) is 5.75 Å². The summed E-state index contributed by atoms with van der Waals surface area (Å²) in [7, 11) is 3.25. The Bertz CT molecular complexity index is 317. The molecule has 0 radical (unpaired) electrons. The molecule has 0 aliphatic rings. The molecule has 0 aliphatic carbocycles. The molecule has 0 amide bonds. The van der Waals surface area contributed by atoms with E-state index < -0.39 is 6.10 Å². The zero-order valence-corrected chi connectivity index (χ0v) is 10.5. The molecule has 0 spiro atoms. The molecule has 0 aliphatic heterocycles. The predicted octanol–water partition coefficient (Wildman–Crippen LogP) is 1.18. The highest BCUT2D eigenvalue weighted by Gasteiger charge is 2.02. The summed E-state index contributed by atoms with van der Waals surface area (Å²) in [6, 6.07) is 7.93. The molecule has 1 rings (SSSR count). The van der Waals surface area contributed by atoms with Gasteiger partial charge in [0, 0.05) is 13.7 Å². The van der Waals surface area contributed by atoms with Crippen molar-refractivity contribution < 1.29 is 14.6 Å². The van der Waals surface area contributed by atoms with Crippen LogP contribution in [0.3, 0.4) is 0 Å². The van der Waals surface area contributed by atoms with Gasteiger partial charge < -0.3 is 19.9 Å². The second kappa shape index (κ2) is 8.06. The van der Waals surface area contributed by atoms with Gasteiger partial charge in [-0.15, -0.1) is 0 Å². The average molecular weight is 239 g/mol. The molecule has 0 fully saturated rings. The number of aliphatic hydroxyl groups is 1. The summed E-state index contributed by atoms with van der Waals surface area (Å²) in [5.74, 6) is 0.865. The van der Waals surface area contributed by atoms with E-state index in [2.05, 4.69) is 5.32 Å². The Morgan fingerprint density at radius 2 is 2.18 bits per heavy atom. The lowest BCUT2D eigenvalue weighted by Crippen LogP contribution is -2.23. The van der Waals surface area contributed by atoms with Crippen LogP contribution in [-0.2, 0) is 11.3 Å². The van der Waals surface area contributed by atoms with Crippen molar-refractivity contribution in [2.75, 3.05) is 27.4 Å². The first-order valence-electron chi connectivity index (χ1n) is 5.77. The highest BCUT2D eigenvalue weighted by molar-refractivity contribution is 5.28. The minimum atomic E-state index is -0.391. The van der Waals surface area contributed by atoms with Gasteiger partial charge in [0.05, 0.1) is 19.8 Å². The molecule has 2 N–H and O–H groups in total. The van der Waals surface area contributed by atoms with Crippen LogP contribution in [0.15, 0.2) is 24.3 Å². The Kier molecular flexibility index (Phi) is 6.62. The lowest BCUT2D eigenvalue weighted by atomic mass is 10.2. The maximum absolute atomic E-state index is 9.44. The second-order valence-electron chi connectivity index (χ2n) is 3.93. The van der Waals surface area contributed by atoms with Crippen molar-refractivity contribution in [1.29, 1.82) is 0 Å². The number of nitrogens with one attached hydrogen (secondary N) is 1. The van der Waals surface area contributed by atoms with Gasteiger partial charge in [0.1, 0.15) is 5.75 Å². The lowest BCUT2D eigenvalue weighted by Gasteiger charge is -2.10. The normalized spacial score (nSPS) is 12.4. The molecule has 17 heavy (non-hydrogen) atoms. The minimum Gasteiger partial charge on any atom is -0.497 e. The monoisotopic (exact) mass is 239 g/mol. The first-order valence-corrected chi connectivity index (χ1v) is 5.77. The summed E-state index contributed by atoms with van der Waals surface area (Å²) in [6.45, 7) is 1.93. The Morgan fingerprint density at radius 1 is 1.35 bits per heavy atom. The number of methoxy groups -OCH3 is 2. The molecule has 96 valence electrons. The van der Waals surface area contributed by atoms with E-state index >= 15 is 0 Å². The van der Waals surface area contributed by atoms with Crippen molar-refractivity contribution in [2.24, 2.45) is 0 Å². The highest BCUT2D eigenvalue weighted by Crippen LogP contribution is 2.12. The number of hydrogen-bond donors (Lipinski definition) is 2. The molecule has 0 saturated heterocycles. The molecule has 1 atom stereocenters. The van der Waals surface area contributed by atoms with Gasteiger partial charge in [0.25, 0.3) is 0 Å². The van der Waals surface area contributed by atoms with Crippen molar-refractivity contribution in [2.45, 2.75) is 19.1 Å². The van der Waals surface area contributed by atoms with Crippen LogP contribution < -0.4 is 10.1 Å². The van der Waals surface area contributed by atoms with Gasteiger partial charge in [-0.05, 0) is 30.7 Å². The molecule has 0 bridgehead atoms. The van der Waals surface area contributed by atoms with Gasteiger partial charge >= 0.3 is 0 Å². The van der Waals surface area contributed by atoms with Gasteiger partial charge in [0.2, 0.25) is 0 Å². The first kappa shape index (κ1) is 14.0. The maximum Gasteiger partial charge on any atom is 0.119 e. The number of aliphatic hydroxyl groups excluding tert-OH is 1. The van der Waals surface area contributed by atoms with Gasteiger partial charge in [0.15, 0.2) is 0 Å². The van der Waals surface area contributed by atoms with E-state index in [1.165, 1.54) is 5.56 Å².